The molecule has 1 rings (SSSR count). The van der Waals surface area contributed by atoms with Gasteiger partial charge >= 0.3 is 0 Å². The molecule has 0 saturated carbocycles. The molecule has 0 fully saturated rings. The molecule has 0 aliphatic heterocycles. The molecule has 0 aromatic heterocycles. The van der Waals surface area contributed by atoms with Crippen molar-refractivity contribution in [3.05, 3.63) is 32.9 Å². The van der Waals surface area contributed by atoms with Crippen molar-refractivity contribution < 1.29 is 4.39 Å². The van der Waals surface area contributed by atoms with Gasteiger partial charge in [-0.25, -0.2) is 4.39 Å². The lowest BCUT2D eigenvalue weighted by molar-refractivity contribution is 0.629. The number of hydrogen-bond acceptors (Lipinski definition) is 2. The second kappa shape index (κ2) is 4.11. The fourth-order valence-electron chi connectivity index (χ4n) is 0.903. The Bertz CT molecular complexity index is 373. The average Bonchev–Trinajstić information content (AvgIpc) is 2.09. The van der Waals surface area contributed by atoms with Crippen molar-refractivity contribution in [3.63, 3.8) is 0 Å². The van der Waals surface area contributed by atoms with Gasteiger partial charge in [0.1, 0.15) is 5.82 Å². The number of anilines is 1. The fraction of sp³-hybridized carbons (Fsp3) is 0.143. The molecule has 0 saturated heterocycles. The molecule has 4 nitrogen and oxygen atoms in total. The van der Waals surface area contributed by atoms with Gasteiger partial charge in [0.05, 0.1) is 5.69 Å². The Morgan fingerprint density at radius 2 is 2.31 bits per heavy atom. The number of nitrogens with one attached hydrogen (secondary N) is 1. The minimum absolute atomic E-state index is 0.0202. The van der Waals surface area contributed by atoms with Gasteiger partial charge in [-0.2, -0.15) is 0 Å². The van der Waals surface area contributed by atoms with Gasteiger partial charge in [-0.15, -0.1) is 0 Å². The second-order valence-electron chi connectivity index (χ2n) is 2.22. The summed E-state index contributed by atoms with van der Waals surface area (Å²) in [6.07, 6.45) is 0. The van der Waals surface area contributed by atoms with E-state index in [0.717, 1.165) is 0 Å². The molecule has 1 aromatic rings. The van der Waals surface area contributed by atoms with Gasteiger partial charge in [0.25, 0.3) is 0 Å². The number of halogens is 2. The SMILES string of the molecule is CNc1cc(Br)cc(F)c1N=[N+]=[N-]. The highest BCUT2D eigenvalue weighted by atomic mass is 79.9. The fourth-order valence-corrected chi connectivity index (χ4v) is 1.33. The summed E-state index contributed by atoms with van der Waals surface area (Å²) in [6.45, 7) is 0. The minimum Gasteiger partial charge on any atom is -0.388 e. The van der Waals surface area contributed by atoms with Crippen molar-refractivity contribution in [3.8, 4) is 0 Å². The van der Waals surface area contributed by atoms with Crippen molar-refractivity contribution in [1.29, 1.82) is 0 Å². The zero-order valence-corrected chi connectivity index (χ0v) is 8.34. The first kappa shape index (κ1) is 9.83. The third-order valence-corrected chi connectivity index (χ3v) is 1.90. The van der Waals surface area contributed by atoms with Crippen molar-refractivity contribution in [2.24, 2.45) is 5.11 Å². The molecule has 0 radical (unpaired) electrons. The maximum absolute atomic E-state index is 13.2. The molecule has 0 heterocycles. The van der Waals surface area contributed by atoms with Gasteiger partial charge in [-0.05, 0) is 17.7 Å². The van der Waals surface area contributed by atoms with Crippen molar-refractivity contribution in [2.45, 2.75) is 0 Å². The van der Waals surface area contributed by atoms with E-state index in [1.807, 2.05) is 0 Å². The van der Waals surface area contributed by atoms with Crippen LogP contribution in [0, 0.1) is 5.82 Å². The number of benzene rings is 1. The van der Waals surface area contributed by atoms with Gasteiger partial charge in [-0.1, -0.05) is 21.0 Å². The predicted octanol–water partition coefficient (Wildman–Crippen LogP) is 3.57. The van der Waals surface area contributed by atoms with E-state index in [9.17, 15) is 4.39 Å². The molecule has 1 aromatic carbocycles. The van der Waals surface area contributed by atoms with E-state index in [1.165, 1.54) is 6.07 Å². The maximum Gasteiger partial charge on any atom is 0.135 e. The van der Waals surface area contributed by atoms with Crippen molar-refractivity contribution in [1.82, 2.24) is 0 Å². The zero-order chi connectivity index (χ0) is 9.84. The Balaban J connectivity index is 3.37. The number of rotatable bonds is 2. The van der Waals surface area contributed by atoms with Crippen LogP contribution < -0.4 is 5.32 Å². The van der Waals surface area contributed by atoms with Crippen LogP contribution in [0.3, 0.4) is 0 Å². The summed E-state index contributed by atoms with van der Waals surface area (Å²) < 4.78 is 13.7. The van der Waals surface area contributed by atoms with Crippen molar-refractivity contribution in [2.75, 3.05) is 12.4 Å². The van der Waals surface area contributed by atoms with Gasteiger partial charge < -0.3 is 5.32 Å². The minimum atomic E-state index is -0.559. The molecule has 0 unspecified atom stereocenters. The summed E-state index contributed by atoms with van der Waals surface area (Å²) in [4.78, 5) is 2.53. The van der Waals surface area contributed by atoms with E-state index < -0.39 is 5.82 Å². The zero-order valence-electron chi connectivity index (χ0n) is 6.75. The van der Waals surface area contributed by atoms with Gasteiger partial charge in [0.15, 0.2) is 0 Å². The standard InChI is InChI=1S/C7H6BrFN4/c1-11-6-3-4(8)2-5(9)7(6)12-13-10/h2-3,11H,1H3. The lowest BCUT2D eigenvalue weighted by Crippen LogP contribution is -1.90. The van der Waals surface area contributed by atoms with Crippen LogP contribution in [-0.4, -0.2) is 7.05 Å². The average molecular weight is 245 g/mol. The van der Waals surface area contributed by atoms with Crippen LogP contribution in [0.25, 0.3) is 10.4 Å². The number of hydrogen-bond donors (Lipinski definition) is 1. The second-order valence-corrected chi connectivity index (χ2v) is 3.14. The van der Waals surface area contributed by atoms with E-state index in [-0.39, 0.29) is 5.69 Å². The molecule has 0 spiro atoms. The Labute approximate surface area is 82.5 Å². The molecule has 68 valence electrons. The van der Waals surface area contributed by atoms with E-state index in [1.54, 1.807) is 13.1 Å². The molecule has 13 heavy (non-hydrogen) atoms. The van der Waals surface area contributed by atoms with Crippen LogP contribution in [-0.2, 0) is 0 Å². The summed E-state index contributed by atoms with van der Waals surface area (Å²) in [5.74, 6) is -0.559. The third-order valence-electron chi connectivity index (χ3n) is 1.44. The smallest absolute Gasteiger partial charge is 0.135 e. The van der Waals surface area contributed by atoms with Crippen LogP contribution in [0.1, 0.15) is 0 Å². The topological polar surface area (TPSA) is 60.8 Å². The third kappa shape index (κ3) is 2.11. The first-order valence-corrected chi connectivity index (χ1v) is 4.20. The number of nitrogens with zero attached hydrogens (tertiary/aromatic N) is 3. The number of azide groups is 1. The largest absolute Gasteiger partial charge is 0.388 e. The molecule has 0 amide bonds. The molecular formula is C7H6BrFN4. The summed E-state index contributed by atoms with van der Waals surface area (Å²) in [5.41, 5.74) is 8.61. The summed E-state index contributed by atoms with van der Waals surface area (Å²) >= 11 is 3.12. The quantitative estimate of drug-likeness (QED) is 0.483. The summed E-state index contributed by atoms with van der Waals surface area (Å²) in [5, 5.41) is 5.97. The van der Waals surface area contributed by atoms with Gasteiger partial charge in [-0.3, -0.25) is 0 Å². The molecule has 0 aliphatic carbocycles. The molecule has 6 heteroatoms. The summed E-state index contributed by atoms with van der Waals surface area (Å²) in [7, 11) is 1.62. The molecule has 0 aliphatic rings. The maximum atomic E-state index is 13.2. The highest BCUT2D eigenvalue weighted by Crippen LogP contribution is 2.31. The lowest BCUT2D eigenvalue weighted by atomic mass is 10.2. The van der Waals surface area contributed by atoms with Crippen LogP contribution in [0.4, 0.5) is 15.8 Å². The normalized spacial score (nSPS) is 9.15. The van der Waals surface area contributed by atoms with Gasteiger partial charge in [0, 0.05) is 22.1 Å². The predicted molar refractivity (Wildman–Crippen MR) is 52.5 cm³/mol. The van der Waals surface area contributed by atoms with Crippen LogP contribution >= 0.6 is 15.9 Å². The monoisotopic (exact) mass is 244 g/mol. The Hall–Kier alpha value is -1.26. The summed E-state index contributed by atoms with van der Waals surface area (Å²) in [6, 6.07) is 2.87. The van der Waals surface area contributed by atoms with E-state index in [0.29, 0.717) is 10.2 Å². The molecule has 0 atom stereocenters. The van der Waals surface area contributed by atoms with Crippen LogP contribution in [0.5, 0.6) is 0 Å². The Kier molecular flexibility index (Phi) is 3.11. The van der Waals surface area contributed by atoms with E-state index in [2.05, 4.69) is 31.3 Å². The molecular weight excluding hydrogens is 239 g/mol. The Morgan fingerprint density at radius 3 is 2.85 bits per heavy atom. The van der Waals surface area contributed by atoms with Crippen LogP contribution in [0.2, 0.25) is 0 Å². The highest BCUT2D eigenvalue weighted by molar-refractivity contribution is 9.10. The Morgan fingerprint density at radius 1 is 1.62 bits per heavy atom. The van der Waals surface area contributed by atoms with Gasteiger partial charge in [0.2, 0.25) is 0 Å². The lowest BCUT2D eigenvalue weighted by Gasteiger charge is -2.05. The molecule has 0 bridgehead atoms. The van der Waals surface area contributed by atoms with E-state index >= 15 is 0 Å². The van der Waals surface area contributed by atoms with Crippen molar-refractivity contribution >= 4 is 27.3 Å². The highest BCUT2D eigenvalue weighted by Gasteiger charge is 2.06. The first-order valence-electron chi connectivity index (χ1n) is 3.41. The van der Waals surface area contributed by atoms with Crippen LogP contribution in [0.15, 0.2) is 21.7 Å². The van der Waals surface area contributed by atoms with E-state index in [4.69, 9.17) is 5.53 Å². The molecule has 1 N–H and O–H groups in total. The first-order chi connectivity index (χ1) is 6.19.